The van der Waals surface area contributed by atoms with E-state index in [1.54, 1.807) is 6.07 Å². The number of para-hydroxylation sites is 1. The molecule has 21 heavy (non-hydrogen) atoms. The topological polar surface area (TPSA) is 17.8 Å². The minimum Gasteiger partial charge on any atom is -0.295 e. The van der Waals surface area contributed by atoms with Gasteiger partial charge in [0.25, 0.3) is 0 Å². The van der Waals surface area contributed by atoms with Crippen LogP contribution in [-0.4, -0.2) is 15.4 Å². The molecule has 108 valence electrons. The molecule has 0 bridgehead atoms. The van der Waals surface area contributed by atoms with Gasteiger partial charge in [0.05, 0.1) is 11.2 Å². The van der Waals surface area contributed by atoms with Crippen molar-refractivity contribution in [3.63, 3.8) is 0 Å². The van der Waals surface area contributed by atoms with E-state index in [0.29, 0.717) is 17.8 Å². The van der Waals surface area contributed by atoms with Crippen molar-refractivity contribution in [3.8, 4) is 5.69 Å². The van der Waals surface area contributed by atoms with Gasteiger partial charge in [-0.2, -0.15) is 0 Å². The van der Waals surface area contributed by atoms with Gasteiger partial charge >= 0.3 is 0 Å². The number of aryl methyl sites for hydroxylation is 2. The second kappa shape index (κ2) is 5.78. The van der Waals surface area contributed by atoms with Crippen molar-refractivity contribution in [2.45, 2.75) is 13.3 Å². The summed E-state index contributed by atoms with van der Waals surface area (Å²) in [6.45, 7) is 2.02. The third kappa shape index (κ3) is 2.47. The number of hydrogen-bond donors (Lipinski definition) is 0. The largest absolute Gasteiger partial charge is 0.295 e. The van der Waals surface area contributed by atoms with Crippen LogP contribution in [0.25, 0.3) is 16.7 Å². The Bertz CT molecular complexity index is 813. The minimum atomic E-state index is -0.314. The van der Waals surface area contributed by atoms with Gasteiger partial charge in [-0.3, -0.25) is 4.57 Å². The van der Waals surface area contributed by atoms with Gasteiger partial charge in [-0.05, 0) is 46.6 Å². The summed E-state index contributed by atoms with van der Waals surface area (Å²) >= 11 is 9.49. The highest BCUT2D eigenvalue weighted by atomic mass is 79.9. The number of fused-ring (bicyclic) bond motifs is 1. The SMILES string of the molecule is Cc1cccc(-n2c(CCCl)nc3c(F)cccc32)c1Br. The van der Waals surface area contributed by atoms with Crippen molar-refractivity contribution in [3.05, 3.63) is 58.1 Å². The molecule has 0 unspecified atom stereocenters. The molecular formula is C16H13BrClFN2. The molecule has 0 saturated carbocycles. The van der Waals surface area contributed by atoms with Crippen LogP contribution < -0.4 is 0 Å². The second-order valence-electron chi connectivity index (χ2n) is 4.82. The Kier molecular flexibility index (Phi) is 4.00. The van der Waals surface area contributed by atoms with E-state index in [1.165, 1.54) is 6.07 Å². The molecule has 0 spiro atoms. The smallest absolute Gasteiger partial charge is 0.151 e. The van der Waals surface area contributed by atoms with E-state index in [-0.39, 0.29) is 5.82 Å². The maximum absolute atomic E-state index is 14.0. The molecule has 0 aliphatic rings. The molecule has 2 nitrogen and oxygen atoms in total. The number of imidazole rings is 1. The first-order chi connectivity index (χ1) is 10.1. The number of rotatable bonds is 3. The highest BCUT2D eigenvalue weighted by Crippen LogP contribution is 2.30. The molecule has 0 N–H and O–H groups in total. The Morgan fingerprint density at radius 3 is 2.76 bits per heavy atom. The summed E-state index contributed by atoms with van der Waals surface area (Å²) in [6, 6.07) is 11.0. The lowest BCUT2D eigenvalue weighted by Gasteiger charge is -2.12. The van der Waals surface area contributed by atoms with E-state index < -0.39 is 0 Å². The zero-order chi connectivity index (χ0) is 15.0. The van der Waals surface area contributed by atoms with Crippen LogP contribution in [0.2, 0.25) is 0 Å². The van der Waals surface area contributed by atoms with Gasteiger partial charge in [0.1, 0.15) is 11.3 Å². The van der Waals surface area contributed by atoms with Crippen LogP contribution in [0.3, 0.4) is 0 Å². The summed E-state index contributed by atoms with van der Waals surface area (Å²) < 4.78 is 16.9. The van der Waals surface area contributed by atoms with E-state index >= 15 is 0 Å². The van der Waals surface area contributed by atoms with E-state index in [4.69, 9.17) is 11.6 Å². The van der Waals surface area contributed by atoms with E-state index in [0.717, 1.165) is 27.1 Å². The first-order valence-corrected chi connectivity index (χ1v) is 7.93. The van der Waals surface area contributed by atoms with E-state index in [9.17, 15) is 4.39 Å². The highest BCUT2D eigenvalue weighted by molar-refractivity contribution is 9.10. The Morgan fingerprint density at radius 1 is 1.24 bits per heavy atom. The van der Waals surface area contributed by atoms with Gasteiger partial charge in [-0.15, -0.1) is 11.6 Å². The summed E-state index contributed by atoms with van der Waals surface area (Å²) in [5.74, 6) is 0.885. The summed E-state index contributed by atoms with van der Waals surface area (Å²) in [5.41, 5.74) is 3.19. The normalized spacial score (nSPS) is 11.2. The van der Waals surface area contributed by atoms with Crippen molar-refractivity contribution in [2.75, 3.05) is 5.88 Å². The molecule has 0 amide bonds. The van der Waals surface area contributed by atoms with Crippen molar-refractivity contribution in [2.24, 2.45) is 0 Å². The molecule has 1 heterocycles. The Hall–Kier alpha value is -1.39. The van der Waals surface area contributed by atoms with Crippen LogP contribution in [-0.2, 0) is 6.42 Å². The van der Waals surface area contributed by atoms with Crippen LogP contribution in [0.1, 0.15) is 11.4 Å². The van der Waals surface area contributed by atoms with Crippen molar-refractivity contribution in [1.82, 2.24) is 9.55 Å². The van der Waals surface area contributed by atoms with Crippen LogP contribution in [0.15, 0.2) is 40.9 Å². The van der Waals surface area contributed by atoms with Crippen LogP contribution in [0, 0.1) is 12.7 Å². The van der Waals surface area contributed by atoms with Crippen molar-refractivity contribution >= 4 is 38.6 Å². The zero-order valence-electron chi connectivity index (χ0n) is 11.4. The summed E-state index contributed by atoms with van der Waals surface area (Å²) in [6.07, 6.45) is 0.579. The van der Waals surface area contributed by atoms with Gasteiger partial charge in [-0.25, -0.2) is 9.37 Å². The van der Waals surface area contributed by atoms with Gasteiger partial charge in [0, 0.05) is 16.8 Å². The predicted octanol–water partition coefficient (Wildman–Crippen LogP) is 5.02. The molecule has 0 saturated heterocycles. The average Bonchev–Trinajstić information content (AvgIpc) is 2.82. The zero-order valence-corrected chi connectivity index (χ0v) is 13.7. The molecule has 3 rings (SSSR count). The third-order valence-electron chi connectivity index (χ3n) is 3.44. The van der Waals surface area contributed by atoms with Gasteiger partial charge in [0.2, 0.25) is 0 Å². The molecule has 0 fully saturated rings. The molecule has 0 atom stereocenters. The monoisotopic (exact) mass is 366 g/mol. The molecule has 2 aromatic carbocycles. The number of benzene rings is 2. The number of alkyl halides is 1. The number of halogens is 3. The van der Waals surface area contributed by atoms with Crippen LogP contribution in [0.5, 0.6) is 0 Å². The van der Waals surface area contributed by atoms with Gasteiger partial charge in [0.15, 0.2) is 5.82 Å². The van der Waals surface area contributed by atoms with Gasteiger partial charge in [-0.1, -0.05) is 18.2 Å². The highest BCUT2D eigenvalue weighted by Gasteiger charge is 2.16. The number of hydrogen-bond acceptors (Lipinski definition) is 1. The van der Waals surface area contributed by atoms with Crippen LogP contribution >= 0.6 is 27.5 Å². The lowest BCUT2D eigenvalue weighted by Crippen LogP contribution is -2.03. The molecular weight excluding hydrogens is 355 g/mol. The lowest BCUT2D eigenvalue weighted by atomic mass is 10.2. The number of aromatic nitrogens is 2. The second-order valence-corrected chi connectivity index (χ2v) is 5.99. The fraction of sp³-hybridized carbons (Fsp3) is 0.188. The fourth-order valence-corrected chi connectivity index (χ4v) is 3.05. The summed E-state index contributed by atoms with van der Waals surface area (Å²) in [7, 11) is 0. The van der Waals surface area contributed by atoms with E-state index in [1.807, 2.05) is 35.8 Å². The molecule has 0 radical (unpaired) electrons. The average molecular weight is 368 g/mol. The molecule has 3 aromatic rings. The number of nitrogens with zero attached hydrogens (tertiary/aromatic N) is 2. The van der Waals surface area contributed by atoms with E-state index in [2.05, 4.69) is 20.9 Å². The molecule has 0 aliphatic heterocycles. The summed E-state index contributed by atoms with van der Waals surface area (Å²) in [5, 5.41) is 0. The fourth-order valence-electron chi connectivity index (χ4n) is 2.44. The van der Waals surface area contributed by atoms with Crippen molar-refractivity contribution < 1.29 is 4.39 Å². The quantitative estimate of drug-likeness (QED) is 0.595. The Morgan fingerprint density at radius 2 is 2.00 bits per heavy atom. The maximum atomic E-state index is 14.0. The van der Waals surface area contributed by atoms with Crippen molar-refractivity contribution in [1.29, 1.82) is 0 Å². The molecule has 5 heteroatoms. The first-order valence-electron chi connectivity index (χ1n) is 6.60. The van der Waals surface area contributed by atoms with Gasteiger partial charge < -0.3 is 0 Å². The Balaban J connectivity index is 2.37. The minimum absolute atomic E-state index is 0.314. The first kappa shape index (κ1) is 14.5. The predicted molar refractivity (Wildman–Crippen MR) is 87.9 cm³/mol. The molecule has 1 aromatic heterocycles. The standard InChI is InChI=1S/C16H13BrClFN2/c1-10-4-2-6-12(15(10)17)21-13-7-3-5-11(19)16(13)20-14(21)8-9-18/h2-7H,8-9H2,1H3. The van der Waals surface area contributed by atoms with Crippen LogP contribution in [0.4, 0.5) is 4.39 Å². The lowest BCUT2D eigenvalue weighted by molar-refractivity contribution is 0.637. The summed E-state index contributed by atoms with van der Waals surface area (Å²) in [4.78, 5) is 4.43. The maximum Gasteiger partial charge on any atom is 0.151 e. The Labute approximate surface area is 135 Å². The molecule has 0 aliphatic carbocycles. The third-order valence-corrected chi connectivity index (χ3v) is 4.66.